The first-order valence-corrected chi connectivity index (χ1v) is 17.0. The van der Waals surface area contributed by atoms with Crippen molar-refractivity contribution in [3.63, 3.8) is 0 Å². The van der Waals surface area contributed by atoms with E-state index in [1.165, 1.54) is 36.5 Å². The molecule has 1 aliphatic heterocycles. The Labute approximate surface area is 312 Å². The van der Waals surface area contributed by atoms with Crippen LogP contribution < -0.4 is 5.73 Å². The summed E-state index contributed by atoms with van der Waals surface area (Å²) in [4.78, 5) is 36.2. The molecule has 3 heterocycles. The quantitative estimate of drug-likeness (QED) is 0.0822. The minimum absolute atomic E-state index is 0.0444. The zero-order valence-corrected chi connectivity index (χ0v) is 29.9. The Hall–Kier alpha value is -4.71. The van der Waals surface area contributed by atoms with Gasteiger partial charge in [0.25, 0.3) is 5.91 Å². The maximum atomic E-state index is 14.8. The maximum Gasteiger partial charge on any atom is 0.395 e. The van der Waals surface area contributed by atoms with Crippen molar-refractivity contribution in [2.24, 2.45) is 16.1 Å². The lowest BCUT2D eigenvalue weighted by atomic mass is 9.81. The first kappa shape index (κ1) is 39.0. The van der Waals surface area contributed by atoms with Crippen LogP contribution in [-0.2, 0) is 19.9 Å². The van der Waals surface area contributed by atoms with Gasteiger partial charge in [-0.25, -0.2) is 14.7 Å². The fraction of sp³-hybridized carbons (Fsp3) is 0.412. The number of esters is 1. The number of nitrogens with zero attached hydrogens (tertiary/aromatic N) is 7. The molecule has 2 aromatic heterocycles. The van der Waals surface area contributed by atoms with E-state index in [9.17, 15) is 40.3 Å². The Kier molecular flexibility index (Phi) is 10.2. The van der Waals surface area contributed by atoms with Crippen LogP contribution in [0.4, 0.5) is 30.7 Å². The summed E-state index contributed by atoms with van der Waals surface area (Å²) in [5.74, 6) is -2.69. The van der Waals surface area contributed by atoms with Gasteiger partial charge in [-0.1, -0.05) is 41.9 Å². The number of amides is 1. The van der Waals surface area contributed by atoms with Crippen molar-refractivity contribution >= 4 is 41.0 Å². The molecule has 54 heavy (non-hydrogen) atoms. The number of carbonyl (C=O) groups excluding carboxylic acids is 2. The molecule has 0 radical (unpaired) electrons. The Bertz CT molecular complexity index is 2080. The smallest absolute Gasteiger partial charge is 0.395 e. The summed E-state index contributed by atoms with van der Waals surface area (Å²) in [6.07, 6.45) is -3.00. The van der Waals surface area contributed by atoms with Gasteiger partial charge in [0.15, 0.2) is 17.3 Å². The molecule has 0 saturated heterocycles. The third-order valence-corrected chi connectivity index (χ3v) is 9.79. The molecule has 2 aromatic carbocycles. The van der Waals surface area contributed by atoms with E-state index < -0.39 is 66.0 Å². The van der Waals surface area contributed by atoms with Crippen molar-refractivity contribution in [3.05, 3.63) is 77.3 Å². The van der Waals surface area contributed by atoms with Gasteiger partial charge in [0, 0.05) is 28.6 Å². The number of hydrogen-bond acceptors (Lipinski definition) is 8. The van der Waals surface area contributed by atoms with Crippen molar-refractivity contribution in [1.82, 2.24) is 29.4 Å². The Morgan fingerprint density at radius 3 is 2.28 bits per heavy atom. The largest absolute Gasteiger partial charge is 0.463 e. The van der Waals surface area contributed by atoms with Gasteiger partial charge >= 0.3 is 25.2 Å². The molecule has 2 N–H and O–H groups in total. The van der Waals surface area contributed by atoms with Crippen LogP contribution in [0.1, 0.15) is 69.8 Å². The number of aromatic nitrogens is 5. The zero-order valence-electron chi connectivity index (χ0n) is 28.4. The standard InChI is InChI=1S/C34H31Cl2F7N8O3/c1-31(2,36)16-33(21-6-3-18(4-7-21)20-13-46-49(14-20)28(37)38)27(53)50(30(44)48-33)24(15-54-25(52)12-32(9-10-32)34(41,42)43)19-5-8-23(35)22(11-19)26-45-17-47-51(26)29(39)40/h3-8,11,13-14,17,24,28-29H,9-10,12,15-16H2,1-2H3,(H2,44,48)/t24-,33-/m1/s1. The highest BCUT2D eigenvalue weighted by molar-refractivity contribution is 6.33. The monoisotopic (exact) mass is 802 g/mol. The molecule has 2 atom stereocenters. The molecular formula is C34H31Cl2F7N8O3. The van der Waals surface area contributed by atoms with Crippen molar-refractivity contribution in [3.8, 4) is 22.5 Å². The van der Waals surface area contributed by atoms with Crippen LogP contribution in [0, 0.1) is 5.41 Å². The van der Waals surface area contributed by atoms with E-state index in [2.05, 4.69) is 20.2 Å². The van der Waals surface area contributed by atoms with Gasteiger partial charge in [-0.3, -0.25) is 14.5 Å². The summed E-state index contributed by atoms with van der Waals surface area (Å²) in [5.41, 5.74) is 3.63. The minimum atomic E-state index is -4.65. The summed E-state index contributed by atoms with van der Waals surface area (Å²) in [6, 6.07) is 8.81. The van der Waals surface area contributed by atoms with E-state index in [1.807, 2.05) is 0 Å². The lowest BCUT2D eigenvalue weighted by Crippen LogP contribution is -2.47. The molecule has 0 spiro atoms. The molecule has 1 amide bonds. The van der Waals surface area contributed by atoms with Crippen LogP contribution in [-0.4, -0.2) is 64.9 Å². The molecule has 11 nitrogen and oxygen atoms in total. The molecule has 2 aliphatic rings. The van der Waals surface area contributed by atoms with Crippen LogP contribution in [0.5, 0.6) is 0 Å². The number of aliphatic imine (C=N–C) groups is 1. The predicted octanol–water partition coefficient (Wildman–Crippen LogP) is 8.03. The number of alkyl halides is 8. The second kappa shape index (κ2) is 14.2. The van der Waals surface area contributed by atoms with Crippen LogP contribution in [0.3, 0.4) is 0 Å². The van der Waals surface area contributed by atoms with Crippen LogP contribution in [0.2, 0.25) is 5.02 Å². The van der Waals surface area contributed by atoms with Crippen molar-refractivity contribution in [2.45, 2.75) is 75.3 Å². The number of rotatable bonds is 13. The molecule has 288 valence electrons. The van der Waals surface area contributed by atoms with Gasteiger partial charge in [0.2, 0.25) is 0 Å². The Balaban J connectivity index is 1.40. The fourth-order valence-electron chi connectivity index (χ4n) is 6.49. The molecule has 0 unspecified atom stereocenters. The van der Waals surface area contributed by atoms with Gasteiger partial charge in [-0.05, 0) is 55.5 Å². The molecule has 4 aromatic rings. The second-order valence-electron chi connectivity index (χ2n) is 13.7. The number of guanidine groups is 1. The Morgan fingerprint density at radius 2 is 1.70 bits per heavy atom. The van der Waals surface area contributed by atoms with E-state index in [4.69, 9.17) is 33.7 Å². The number of carbonyl (C=O) groups is 2. The van der Waals surface area contributed by atoms with Crippen molar-refractivity contribution < 1.29 is 45.1 Å². The number of ether oxygens (including phenoxy) is 1. The first-order chi connectivity index (χ1) is 25.2. The van der Waals surface area contributed by atoms with Gasteiger partial charge in [0.05, 0.1) is 29.1 Å². The van der Waals surface area contributed by atoms with Gasteiger partial charge < -0.3 is 10.5 Å². The Morgan fingerprint density at radius 1 is 1.02 bits per heavy atom. The minimum Gasteiger partial charge on any atom is -0.463 e. The van der Waals surface area contributed by atoms with Gasteiger partial charge in [-0.2, -0.15) is 45.6 Å². The second-order valence-corrected chi connectivity index (χ2v) is 15.1. The third kappa shape index (κ3) is 7.49. The number of hydrogen-bond donors (Lipinski definition) is 1. The van der Waals surface area contributed by atoms with E-state index >= 15 is 0 Å². The number of benzene rings is 2. The lowest BCUT2D eigenvalue weighted by Gasteiger charge is -2.34. The molecule has 1 aliphatic carbocycles. The third-order valence-electron chi connectivity index (χ3n) is 9.32. The zero-order chi connectivity index (χ0) is 39.4. The fourth-order valence-corrected chi connectivity index (χ4v) is 6.88. The van der Waals surface area contributed by atoms with Gasteiger partial charge in [0.1, 0.15) is 12.9 Å². The number of nitrogens with two attached hydrogens (primary N) is 1. The van der Waals surface area contributed by atoms with E-state index in [1.54, 1.807) is 26.0 Å². The summed E-state index contributed by atoms with van der Waals surface area (Å²) in [7, 11) is 0. The summed E-state index contributed by atoms with van der Waals surface area (Å²) in [5, 5.41) is 7.13. The molecular weight excluding hydrogens is 772 g/mol. The molecule has 0 bridgehead atoms. The van der Waals surface area contributed by atoms with Crippen molar-refractivity contribution in [1.29, 1.82) is 0 Å². The lowest BCUT2D eigenvalue weighted by molar-refractivity contribution is -0.195. The van der Waals surface area contributed by atoms with Gasteiger partial charge in [-0.15, -0.1) is 11.6 Å². The topological polar surface area (TPSA) is 134 Å². The highest BCUT2D eigenvalue weighted by Crippen LogP contribution is 2.60. The average Bonchev–Trinajstić information content (AvgIpc) is 3.40. The summed E-state index contributed by atoms with van der Waals surface area (Å²) < 4.78 is 101. The van der Waals surface area contributed by atoms with Crippen LogP contribution >= 0.6 is 23.2 Å². The molecule has 20 heteroatoms. The average molecular weight is 804 g/mol. The molecule has 1 fully saturated rings. The summed E-state index contributed by atoms with van der Waals surface area (Å²) in [6.45, 7) is -3.45. The van der Waals surface area contributed by atoms with Crippen molar-refractivity contribution in [2.75, 3.05) is 6.61 Å². The first-order valence-electron chi connectivity index (χ1n) is 16.3. The maximum absolute atomic E-state index is 14.8. The van der Waals surface area contributed by atoms with Crippen LogP contribution in [0.25, 0.3) is 22.5 Å². The normalized spacial score (nSPS) is 19.1. The molecule has 1 saturated carbocycles. The van der Waals surface area contributed by atoms with E-state index in [0.29, 0.717) is 20.5 Å². The predicted molar refractivity (Wildman–Crippen MR) is 181 cm³/mol. The highest BCUT2D eigenvalue weighted by atomic mass is 35.5. The SMILES string of the molecule is CC(C)(Cl)C[C@]1(c2ccc(-c3cnn(C(F)F)c3)cc2)N=C(N)N([C@H](COC(=O)CC2(C(F)(F)F)CC2)c2ccc(Cl)c(-c3ncnn3C(F)F)c2)C1=O. The van der Waals surface area contributed by atoms with Crippen LogP contribution in [0.15, 0.2) is 66.2 Å². The van der Waals surface area contributed by atoms with E-state index in [0.717, 1.165) is 17.4 Å². The highest BCUT2D eigenvalue weighted by Gasteiger charge is 2.64. The summed E-state index contributed by atoms with van der Waals surface area (Å²) >= 11 is 13.1. The number of halogens is 9. The van der Waals surface area contributed by atoms with E-state index in [-0.39, 0.29) is 52.8 Å². The molecule has 6 rings (SSSR count).